The van der Waals surface area contributed by atoms with Crippen LogP contribution in [0.1, 0.15) is 37.2 Å². The molecule has 2 amide bonds. The molecular weight excluding hydrogens is 450 g/mol. The Morgan fingerprint density at radius 1 is 1.24 bits per heavy atom. The number of amides is 2. The van der Waals surface area contributed by atoms with Crippen LogP contribution in [0.5, 0.6) is 5.88 Å². The molecule has 2 saturated heterocycles. The van der Waals surface area contributed by atoms with Crippen molar-refractivity contribution in [3.63, 3.8) is 0 Å². The summed E-state index contributed by atoms with van der Waals surface area (Å²) < 4.78 is 16.3. The highest BCUT2D eigenvalue weighted by molar-refractivity contribution is 6.33. The van der Waals surface area contributed by atoms with Crippen LogP contribution in [0.15, 0.2) is 18.3 Å². The minimum atomic E-state index is -0.617. The minimum Gasteiger partial charge on any atom is -0.481 e. The summed E-state index contributed by atoms with van der Waals surface area (Å²) in [6.45, 7) is 5.52. The maximum absolute atomic E-state index is 13.0. The van der Waals surface area contributed by atoms with E-state index in [9.17, 15) is 9.59 Å². The number of aromatic amines is 1. The minimum absolute atomic E-state index is 0.0240. The van der Waals surface area contributed by atoms with Gasteiger partial charge in [0.1, 0.15) is 5.69 Å². The molecule has 0 bridgehead atoms. The van der Waals surface area contributed by atoms with Gasteiger partial charge in [-0.15, -0.1) is 0 Å². The molecule has 2 fully saturated rings. The molecule has 2 aromatic rings. The van der Waals surface area contributed by atoms with Gasteiger partial charge in [0.05, 0.1) is 43.3 Å². The number of methoxy groups -OCH3 is 1. The Morgan fingerprint density at radius 3 is 2.61 bits per heavy atom. The van der Waals surface area contributed by atoms with E-state index in [1.807, 2.05) is 13.8 Å². The standard InChI is InChI=1S/C22H28ClN5O5/c1-22(2)32-11-14(12-33-22)25-20(29)13-4-6-28(7-5-13)21(30)18-9-17(26-27-18)15-8-19(31-3)24-10-16(15)23/h8-10,13-14H,4-7,11-12H2,1-3H3,(H,25,29)(H,26,27). The lowest BCUT2D eigenvalue weighted by Crippen LogP contribution is -2.52. The molecule has 11 heteroatoms. The Labute approximate surface area is 196 Å². The molecule has 4 heterocycles. The fraction of sp³-hybridized carbons (Fsp3) is 0.545. The zero-order valence-electron chi connectivity index (χ0n) is 18.9. The number of halogens is 1. The molecule has 0 aliphatic carbocycles. The van der Waals surface area contributed by atoms with Crippen LogP contribution in [0.2, 0.25) is 5.02 Å². The van der Waals surface area contributed by atoms with E-state index in [1.165, 1.54) is 13.3 Å². The Morgan fingerprint density at radius 2 is 1.94 bits per heavy atom. The Balaban J connectivity index is 1.31. The summed E-state index contributed by atoms with van der Waals surface area (Å²) in [5.74, 6) is -0.552. The Kier molecular flexibility index (Phi) is 6.87. The van der Waals surface area contributed by atoms with Crippen LogP contribution in [0, 0.1) is 5.92 Å². The topological polar surface area (TPSA) is 119 Å². The first kappa shape index (κ1) is 23.5. The fourth-order valence-electron chi connectivity index (χ4n) is 3.91. The van der Waals surface area contributed by atoms with Gasteiger partial charge < -0.3 is 24.4 Å². The summed E-state index contributed by atoms with van der Waals surface area (Å²) in [7, 11) is 1.51. The fourth-order valence-corrected chi connectivity index (χ4v) is 4.11. The highest BCUT2D eigenvalue weighted by atomic mass is 35.5. The molecule has 0 spiro atoms. The predicted octanol–water partition coefficient (Wildman–Crippen LogP) is 2.25. The van der Waals surface area contributed by atoms with E-state index in [1.54, 1.807) is 17.0 Å². The number of likely N-dealkylation sites (tertiary alicyclic amines) is 1. The number of aromatic nitrogens is 3. The lowest BCUT2D eigenvalue weighted by atomic mass is 9.95. The summed E-state index contributed by atoms with van der Waals surface area (Å²) in [4.78, 5) is 31.4. The molecule has 0 atom stereocenters. The number of nitrogens with one attached hydrogen (secondary N) is 2. The number of hydrogen-bond donors (Lipinski definition) is 2. The van der Waals surface area contributed by atoms with Crippen molar-refractivity contribution in [3.8, 4) is 17.1 Å². The van der Waals surface area contributed by atoms with E-state index in [0.29, 0.717) is 67.0 Å². The van der Waals surface area contributed by atoms with Crippen LogP contribution >= 0.6 is 11.6 Å². The van der Waals surface area contributed by atoms with E-state index in [-0.39, 0.29) is 23.8 Å². The highest BCUT2D eigenvalue weighted by Crippen LogP contribution is 2.29. The van der Waals surface area contributed by atoms with Crippen LogP contribution in [0.3, 0.4) is 0 Å². The third-order valence-corrected chi connectivity index (χ3v) is 6.19. The van der Waals surface area contributed by atoms with Gasteiger partial charge in [-0.1, -0.05) is 11.6 Å². The normalized spacial score (nSPS) is 19.3. The van der Waals surface area contributed by atoms with Crippen molar-refractivity contribution >= 4 is 23.4 Å². The van der Waals surface area contributed by atoms with Gasteiger partial charge in [-0.25, -0.2) is 4.98 Å². The van der Waals surface area contributed by atoms with Crippen molar-refractivity contribution in [2.24, 2.45) is 5.92 Å². The first-order chi connectivity index (χ1) is 15.8. The van der Waals surface area contributed by atoms with Crippen molar-refractivity contribution in [2.75, 3.05) is 33.4 Å². The van der Waals surface area contributed by atoms with Crippen molar-refractivity contribution in [1.82, 2.24) is 25.4 Å². The predicted molar refractivity (Wildman–Crippen MR) is 120 cm³/mol. The Bertz CT molecular complexity index is 1010. The molecule has 0 radical (unpaired) electrons. The van der Waals surface area contributed by atoms with Crippen LogP contribution in [0.25, 0.3) is 11.3 Å². The zero-order valence-corrected chi connectivity index (χ0v) is 19.6. The van der Waals surface area contributed by atoms with Gasteiger partial charge in [0.25, 0.3) is 5.91 Å². The second kappa shape index (κ2) is 9.66. The quantitative estimate of drug-likeness (QED) is 0.677. The largest absolute Gasteiger partial charge is 0.481 e. The van der Waals surface area contributed by atoms with Gasteiger partial charge in [-0.2, -0.15) is 5.10 Å². The van der Waals surface area contributed by atoms with Crippen LogP contribution in [-0.4, -0.2) is 77.1 Å². The monoisotopic (exact) mass is 477 g/mol. The molecular formula is C22H28ClN5O5. The molecule has 0 aromatic carbocycles. The first-order valence-electron chi connectivity index (χ1n) is 10.9. The van der Waals surface area contributed by atoms with Gasteiger partial charge in [0.2, 0.25) is 11.8 Å². The number of nitrogens with zero attached hydrogens (tertiary/aromatic N) is 3. The zero-order chi connectivity index (χ0) is 23.6. The number of carbonyl (C=O) groups is 2. The third kappa shape index (κ3) is 5.45. The average Bonchev–Trinajstić information content (AvgIpc) is 3.30. The molecule has 10 nitrogen and oxygen atoms in total. The summed E-state index contributed by atoms with van der Waals surface area (Å²) >= 11 is 6.23. The van der Waals surface area contributed by atoms with E-state index in [4.69, 9.17) is 25.8 Å². The molecule has 2 aromatic heterocycles. The number of carbonyl (C=O) groups excluding carboxylic acids is 2. The summed E-state index contributed by atoms with van der Waals surface area (Å²) in [6, 6.07) is 3.17. The number of piperidine rings is 1. The second-order valence-corrected chi connectivity index (χ2v) is 9.07. The van der Waals surface area contributed by atoms with Crippen LogP contribution in [0.4, 0.5) is 0 Å². The van der Waals surface area contributed by atoms with Crippen molar-refractivity contribution < 1.29 is 23.8 Å². The van der Waals surface area contributed by atoms with Crippen LogP contribution in [-0.2, 0) is 14.3 Å². The maximum Gasteiger partial charge on any atom is 0.271 e. The van der Waals surface area contributed by atoms with Gasteiger partial charge >= 0.3 is 0 Å². The average molecular weight is 478 g/mol. The third-order valence-electron chi connectivity index (χ3n) is 5.89. The molecule has 0 saturated carbocycles. The summed E-state index contributed by atoms with van der Waals surface area (Å²) in [5.41, 5.74) is 1.51. The van der Waals surface area contributed by atoms with E-state index < -0.39 is 5.79 Å². The van der Waals surface area contributed by atoms with E-state index in [0.717, 1.165) is 0 Å². The molecule has 2 aliphatic rings. The summed E-state index contributed by atoms with van der Waals surface area (Å²) in [6.07, 6.45) is 2.66. The summed E-state index contributed by atoms with van der Waals surface area (Å²) in [5, 5.41) is 10.4. The number of hydrogen-bond acceptors (Lipinski definition) is 7. The maximum atomic E-state index is 13.0. The van der Waals surface area contributed by atoms with Crippen molar-refractivity contribution in [2.45, 2.75) is 38.5 Å². The molecule has 0 unspecified atom stereocenters. The number of H-pyrrole nitrogens is 1. The number of rotatable bonds is 5. The van der Waals surface area contributed by atoms with Gasteiger partial charge in [-0.05, 0) is 32.8 Å². The molecule has 2 aliphatic heterocycles. The highest BCUT2D eigenvalue weighted by Gasteiger charge is 2.33. The molecule has 33 heavy (non-hydrogen) atoms. The SMILES string of the molecule is COc1cc(-c2cc(C(=O)N3CCC(C(=O)NC4COC(C)(C)OC4)CC3)[nH]n2)c(Cl)cn1. The second-order valence-electron chi connectivity index (χ2n) is 8.67. The van der Waals surface area contributed by atoms with Gasteiger partial charge in [0, 0.05) is 30.6 Å². The van der Waals surface area contributed by atoms with Crippen LogP contribution < -0.4 is 10.1 Å². The molecule has 4 rings (SSSR count). The van der Waals surface area contributed by atoms with Gasteiger partial charge in [-0.3, -0.25) is 14.7 Å². The first-order valence-corrected chi connectivity index (χ1v) is 11.3. The smallest absolute Gasteiger partial charge is 0.271 e. The number of pyridine rings is 1. The lowest BCUT2D eigenvalue weighted by molar-refractivity contribution is -0.252. The lowest BCUT2D eigenvalue weighted by Gasteiger charge is -2.36. The number of ether oxygens (including phenoxy) is 3. The molecule has 178 valence electrons. The Hall–Kier alpha value is -2.69. The van der Waals surface area contributed by atoms with Crippen molar-refractivity contribution in [3.05, 3.63) is 29.0 Å². The molecule has 2 N–H and O–H groups in total. The van der Waals surface area contributed by atoms with Gasteiger partial charge in [0.15, 0.2) is 5.79 Å². The van der Waals surface area contributed by atoms with E-state index >= 15 is 0 Å². The van der Waals surface area contributed by atoms with E-state index in [2.05, 4.69) is 20.5 Å². The van der Waals surface area contributed by atoms with Crippen molar-refractivity contribution in [1.29, 1.82) is 0 Å².